The summed E-state index contributed by atoms with van der Waals surface area (Å²) in [6.07, 6.45) is -2.84. The molecule has 1 amide bonds. The van der Waals surface area contributed by atoms with Crippen LogP contribution < -0.4 is 10.2 Å². The highest BCUT2D eigenvalue weighted by atomic mass is 32.2. The van der Waals surface area contributed by atoms with E-state index in [1.54, 1.807) is 0 Å². The predicted molar refractivity (Wildman–Crippen MR) is 102 cm³/mol. The molecule has 174 valence electrons. The van der Waals surface area contributed by atoms with Crippen molar-refractivity contribution in [3.8, 4) is 0 Å². The van der Waals surface area contributed by atoms with E-state index >= 15 is 0 Å². The van der Waals surface area contributed by atoms with Gasteiger partial charge in [0.25, 0.3) is 9.84 Å². The zero-order valence-electron chi connectivity index (χ0n) is 16.2. The minimum atomic E-state index is -5.49. The molecule has 2 heterocycles. The molecule has 3 rings (SSSR count). The van der Waals surface area contributed by atoms with Crippen LogP contribution in [0.15, 0.2) is 47.5 Å². The van der Waals surface area contributed by atoms with Crippen LogP contribution in [0.4, 0.5) is 37.8 Å². The first-order valence-corrected chi connectivity index (χ1v) is 10.8. The summed E-state index contributed by atoms with van der Waals surface area (Å²) in [4.78, 5) is 16.8. The lowest BCUT2D eigenvalue weighted by Gasteiger charge is -2.33. The Morgan fingerprint density at radius 3 is 2.12 bits per heavy atom. The topological polar surface area (TPSA) is 79.4 Å². The zero-order chi connectivity index (χ0) is 23.7. The first-order chi connectivity index (χ1) is 14.8. The van der Waals surface area contributed by atoms with Gasteiger partial charge in [0.05, 0.1) is 10.5 Å². The summed E-state index contributed by atoms with van der Waals surface area (Å²) in [5.74, 6) is -1.21. The van der Waals surface area contributed by atoms with E-state index in [0.717, 1.165) is 30.3 Å². The summed E-state index contributed by atoms with van der Waals surface area (Å²) >= 11 is 0. The normalized spacial score (nSPS) is 16.1. The fraction of sp³-hybridized carbons (Fsp3) is 0.368. The number of sulfone groups is 1. The average molecular weight is 481 g/mol. The van der Waals surface area contributed by atoms with E-state index in [9.17, 15) is 39.6 Å². The van der Waals surface area contributed by atoms with Crippen LogP contribution in [0.25, 0.3) is 0 Å². The fourth-order valence-corrected chi connectivity index (χ4v) is 4.08. The summed E-state index contributed by atoms with van der Waals surface area (Å²) in [7, 11) is -5.49. The zero-order valence-corrected chi connectivity index (χ0v) is 17.1. The third kappa shape index (κ3) is 4.97. The maximum absolute atomic E-state index is 13.2. The van der Waals surface area contributed by atoms with E-state index < -0.39 is 43.8 Å². The van der Waals surface area contributed by atoms with Gasteiger partial charge in [-0.1, -0.05) is 0 Å². The van der Waals surface area contributed by atoms with Crippen molar-refractivity contribution in [2.45, 2.75) is 29.4 Å². The Labute approximate surface area is 179 Å². The van der Waals surface area contributed by atoms with Crippen molar-refractivity contribution >= 4 is 27.2 Å². The first kappa shape index (κ1) is 23.8. The number of hydrogen-bond acceptors (Lipinski definition) is 5. The largest absolute Gasteiger partial charge is 0.501 e. The van der Waals surface area contributed by atoms with Gasteiger partial charge < -0.3 is 10.2 Å². The lowest BCUT2D eigenvalue weighted by atomic mass is 9.95. The molecule has 0 saturated carbocycles. The number of halogens is 6. The van der Waals surface area contributed by atoms with E-state index in [2.05, 4.69) is 10.3 Å². The SMILES string of the molecule is O=C(Nc1ccc(S(=O)(=O)C(F)(F)F)cc1)C1CCN(c2ncccc2C(F)(F)F)CC1. The van der Waals surface area contributed by atoms with Gasteiger partial charge in [0.1, 0.15) is 5.82 Å². The molecule has 1 aliphatic heterocycles. The molecule has 32 heavy (non-hydrogen) atoms. The van der Waals surface area contributed by atoms with E-state index in [0.29, 0.717) is 0 Å². The minimum Gasteiger partial charge on any atom is -0.356 e. The molecule has 1 saturated heterocycles. The molecule has 6 nitrogen and oxygen atoms in total. The molecule has 0 atom stereocenters. The summed E-state index contributed by atoms with van der Waals surface area (Å²) in [5, 5.41) is 2.49. The van der Waals surface area contributed by atoms with Crippen molar-refractivity contribution in [1.82, 2.24) is 4.98 Å². The molecule has 0 aliphatic carbocycles. The van der Waals surface area contributed by atoms with Crippen LogP contribution in [0.2, 0.25) is 0 Å². The molecule has 13 heteroatoms. The van der Waals surface area contributed by atoms with Crippen molar-refractivity contribution in [2.24, 2.45) is 5.92 Å². The standard InChI is InChI=1S/C19H17F6N3O3S/c20-18(21,22)15-2-1-9-26-16(15)28-10-7-12(8-11-28)17(29)27-13-3-5-14(6-4-13)32(30,31)19(23,24)25/h1-6,9,12H,7-8,10-11H2,(H,27,29). The Morgan fingerprint density at radius 1 is 1.00 bits per heavy atom. The maximum Gasteiger partial charge on any atom is 0.501 e. The molecule has 1 aromatic heterocycles. The lowest BCUT2D eigenvalue weighted by molar-refractivity contribution is -0.137. The fourth-order valence-electron chi connectivity index (χ4n) is 3.32. The molecular formula is C19H17F6N3O3S. The van der Waals surface area contributed by atoms with Crippen molar-refractivity contribution < 1.29 is 39.6 Å². The van der Waals surface area contributed by atoms with Crippen LogP contribution in [0.1, 0.15) is 18.4 Å². The number of pyridine rings is 1. The van der Waals surface area contributed by atoms with Crippen molar-refractivity contribution in [3.05, 3.63) is 48.2 Å². The van der Waals surface area contributed by atoms with Crippen LogP contribution in [0, 0.1) is 5.92 Å². The van der Waals surface area contributed by atoms with E-state index in [1.807, 2.05) is 0 Å². The summed E-state index contributed by atoms with van der Waals surface area (Å²) in [6.45, 7) is 0.307. The number of carbonyl (C=O) groups excluding carboxylic acids is 1. The van der Waals surface area contributed by atoms with Gasteiger partial charge in [-0.2, -0.15) is 26.3 Å². The molecular weight excluding hydrogens is 464 g/mol. The van der Waals surface area contributed by atoms with Gasteiger partial charge in [-0.15, -0.1) is 0 Å². The number of aromatic nitrogens is 1. The Balaban J connectivity index is 1.62. The number of benzene rings is 1. The van der Waals surface area contributed by atoms with Crippen molar-refractivity contribution in [2.75, 3.05) is 23.3 Å². The third-order valence-corrected chi connectivity index (χ3v) is 6.50. The van der Waals surface area contributed by atoms with Crippen LogP contribution >= 0.6 is 0 Å². The van der Waals surface area contributed by atoms with Gasteiger partial charge in [-0.25, -0.2) is 13.4 Å². The number of hydrogen-bond donors (Lipinski definition) is 1. The summed E-state index contributed by atoms with van der Waals surface area (Å²) in [5.41, 5.74) is -6.20. The molecule has 0 spiro atoms. The van der Waals surface area contributed by atoms with E-state index in [4.69, 9.17) is 0 Å². The molecule has 1 aromatic carbocycles. The first-order valence-electron chi connectivity index (χ1n) is 9.30. The third-order valence-electron chi connectivity index (χ3n) is 4.99. The van der Waals surface area contributed by atoms with E-state index in [-0.39, 0.29) is 37.4 Å². The molecule has 0 radical (unpaired) electrons. The number of nitrogens with one attached hydrogen (secondary N) is 1. The number of amides is 1. The Bertz CT molecular complexity index is 1080. The summed E-state index contributed by atoms with van der Waals surface area (Å²) in [6, 6.07) is 5.67. The quantitative estimate of drug-likeness (QED) is 0.661. The highest BCUT2D eigenvalue weighted by molar-refractivity contribution is 7.92. The monoisotopic (exact) mass is 481 g/mol. The van der Waals surface area contributed by atoms with Gasteiger partial charge in [-0.05, 0) is 49.2 Å². The molecule has 0 bridgehead atoms. The number of piperidine rings is 1. The van der Waals surface area contributed by atoms with Crippen molar-refractivity contribution in [3.63, 3.8) is 0 Å². The molecule has 1 N–H and O–H groups in total. The highest BCUT2D eigenvalue weighted by Crippen LogP contribution is 2.36. The van der Waals surface area contributed by atoms with Gasteiger partial charge >= 0.3 is 11.7 Å². The number of carbonyl (C=O) groups is 1. The number of alkyl halides is 6. The minimum absolute atomic E-state index is 0.0997. The van der Waals surface area contributed by atoms with Gasteiger partial charge in [0, 0.05) is 30.9 Å². The summed E-state index contributed by atoms with van der Waals surface area (Å²) < 4.78 is 100. The number of nitrogens with zero attached hydrogens (tertiary/aromatic N) is 2. The predicted octanol–water partition coefficient (Wildman–Crippen LogP) is 4.25. The highest BCUT2D eigenvalue weighted by Gasteiger charge is 2.46. The van der Waals surface area contributed by atoms with Crippen molar-refractivity contribution in [1.29, 1.82) is 0 Å². The lowest BCUT2D eigenvalue weighted by Crippen LogP contribution is -2.39. The van der Waals surface area contributed by atoms with Gasteiger partial charge in [-0.3, -0.25) is 4.79 Å². The van der Waals surface area contributed by atoms with Crippen LogP contribution in [-0.4, -0.2) is 37.9 Å². The molecule has 2 aromatic rings. The van der Waals surface area contributed by atoms with E-state index in [1.165, 1.54) is 17.2 Å². The Hall–Kier alpha value is -2.83. The van der Waals surface area contributed by atoms with Gasteiger partial charge in [0.15, 0.2) is 0 Å². The second kappa shape index (κ2) is 8.60. The second-order valence-electron chi connectivity index (χ2n) is 7.10. The second-order valence-corrected chi connectivity index (χ2v) is 9.04. The Kier molecular flexibility index (Phi) is 6.40. The number of rotatable bonds is 4. The molecule has 0 unspecified atom stereocenters. The van der Waals surface area contributed by atoms with Crippen LogP contribution in [0.3, 0.4) is 0 Å². The van der Waals surface area contributed by atoms with Crippen LogP contribution in [0.5, 0.6) is 0 Å². The molecule has 1 fully saturated rings. The van der Waals surface area contributed by atoms with Gasteiger partial charge in [0.2, 0.25) is 5.91 Å². The average Bonchev–Trinajstić information content (AvgIpc) is 2.73. The smallest absolute Gasteiger partial charge is 0.356 e. The number of anilines is 2. The van der Waals surface area contributed by atoms with Crippen LogP contribution in [-0.2, 0) is 20.8 Å². The maximum atomic E-state index is 13.2. The Morgan fingerprint density at radius 2 is 1.59 bits per heavy atom. The molecule has 1 aliphatic rings.